The molecule has 29 heavy (non-hydrogen) atoms. The van der Waals surface area contributed by atoms with Gasteiger partial charge in [-0.05, 0) is 56.0 Å². The Kier molecular flexibility index (Phi) is 6.28. The number of aromatic nitrogens is 2. The quantitative estimate of drug-likeness (QED) is 0.766. The Bertz CT molecular complexity index is 802. The molecule has 1 amide bonds. The molecule has 0 spiro atoms. The van der Waals surface area contributed by atoms with Crippen molar-refractivity contribution < 1.29 is 15.0 Å². The zero-order valence-electron chi connectivity index (χ0n) is 16.7. The van der Waals surface area contributed by atoms with Crippen LogP contribution >= 0.6 is 0 Å². The average molecular weight is 399 g/mol. The van der Waals surface area contributed by atoms with E-state index >= 15 is 0 Å². The van der Waals surface area contributed by atoms with Gasteiger partial charge in [-0.15, -0.1) is 0 Å². The smallest absolute Gasteiger partial charge is 0.256 e. The Hall–Kier alpha value is -2.22. The number of hydrogen-bond acceptors (Lipinski definition) is 5. The lowest BCUT2D eigenvalue weighted by Crippen LogP contribution is -2.40. The number of rotatable bonds is 6. The maximum absolute atomic E-state index is 13.3. The first kappa shape index (κ1) is 20.1. The van der Waals surface area contributed by atoms with Crippen LogP contribution in [0.1, 0.15) is 23.2 Å². The molecule has 2 aliphatic rings. The van der Waals surface area contributed by atoms with Gasteiger partial charge in [0.2, 0.25) is 0 Å². The summed E-state index contributed by atoms with van der Waals surface area (Å²) in [7, 11) is 0. The van der Waals surface area contributed by atoms with E-state index in [-0.39, 0.29) is 31.0 Å². The van der Waals surface area contributed by atoms with E-state index in [1.54, 1.807) is 10.9 Å². The van der Waals surface area contributed by atoms with E-state index in [4.69, 9.17) is 0 Å². The highest BCUT2D eigenvalue weighted by molar-refractivity contribution is 5.98. The third-order valence-electron chi connectivity index (χ3n) is 6.44. The number of aliphatic hydroxyl groups excluding tert-OH is 2. The van der Waals surface area contributed by atoms with Crippen molar-refractivity contribution in [3.05, 3.63) is 48.3 Å². The van der Waals surface area contributed by atoms with Gasteiger partial charge in [-0.25, -0.2) is 4.68 Å². The Labute approximate surface area is 171 Å². The van der Waals surface area contributed by atoms with Crippen molar-refractivity contribution in [3.63, 3.8) is 0 Å². The van der Waals surface area contributed by atoms with E-state index in [9.17, 15) is 15.0 Å². The molecule has 1 aromatic carbocycles. The maximum atomic E-state index is 13.3. The van der Waals surface area contributed by atoms with Gasteiger partial charge in [0.25, 0.3) is 5.91 Å². The van der Waals surface area contributed by atoms with Gasteiger partial charge in [0.1, 0.15) is 0 Å². The SMILES string of the molecule is O=C(c1ccccc1-n1cccn1)N1C[C@@H](CO)[C@@H](CN2CCC(CO)CC2)C1. The normalized spacial score (nSPS) is 23.6. The Morgan fingerprint density at radius 2 is 1.79 bits per heavy atom. The summed E-state index contributed by atoms with van der Waals surface area (Å²) in [6, 6.07) is 9.38. The van der Waals surface area contributed by atoms with Crippen LogP contribution in [-0.2, 0) is 0 Å². The van der Waals surface area contributed by atoms with Gasteiger partial charge >= 0.3 is 0 Å². The lowest BCUT2D eigenvalue weighted by atomic mass is 9.93. The Morgan fingerprint density at radius 1 is 1.03 bits per heavy atom. The van der Waals surface area contributed by atoms with Gasteiger partial charge in [-0.3, -0.25) is 4.79 Å². The fourth-order valence-corrected chi connectivity index (χ4v) is 4.64. The molecular weight excluding hydrogens is 368 g/mol. The van der Waals surface area contributed by atoms with Gasteiger partial charge in [0, 0.05) is 51.2 Å². The third-order valence-corrected chi connectivity index (χ3v) is 6.44. The first-order valence-electron chi connectivity index (χ1n) is 10.5. The monoisotopic (exact) mass is 398 g/mol. The molecular formula is C22H30N4O3. The van der Waals surface area contributed by atoms with E-state index in [1.807, 2.05) is 41.4 Å². The van der Waals surface area contributed by atoms with Crippen LogP contribution in [0.15, 0.2) is 42.7 Å². The minimum Gasteiger partial charge on any atom is -0.396 e. The second-order valence-corrected chi connectivity index (χ2v) is 8.31. The number of likely N-dealkylation sites (tertiary alicyclic amines) is 2. The van der Waals surface area contributed by atoms with Gasteiger partial charge < -0.3 is 20.0 Å². The van der Waals surface area contributed by atoms with Crippen molar-refractivity contribution in [3.8, 4) is 5.69 Å². The molecule has 0 unspecified atom stereocenters. The van der Waals surface area contributed by atoms with Crippen LogP contribution in [0.3, 0.4) is 0 Å². The van der Waals surface area contributed by atoms with Gasteiger partial charge in [-0.2, -0.15) is 5.10 Å². The van der Waals surface area contributed by atoms with Crippen molar-refractivity contribution in [2.45, 2.75) is 12.8 Å². The number of carbonyl (C=O) groups is 1. The molecule has 4 rings (SSSR count). The van der Waals surface area contributed by atoms with Crippen molar-refractivity contribution in [2.75, 3.05) is 45.9 Å². The molecule has 0 radical (unpaired) electrons. The first-order valence-corrected chi connectivity index (χ1v) is 10.5. The number of benzene rings is 1. The number of amides is 1. The molecule has 0 saturated carbocycles. The fraction of sp³-hybridized carbons (Fsp3) is 0.545. The number of piperidine rings is 1. The van der Waals surface area contributed by atoms with E-state index in [0.29, 0.717) is 24.6 Å². The van der Waals surface area contributed by atoms with E-state index in [2.05, 4.69) is 10.00 Å². The highest BCUT2D eigenvalue weighted by Gasteiger charge is 2.37. The van der Waals surface area contributed by atoms with Crippen LogP contribution in [0.5, 0.6) is 0 Å². The van der Waals surface area contributed by atoms with Crippen LogP contribution < -0.4 is 0 Å². The molecule has 7 heteroatoms. The summed E-state index contributed by atoms with van der Waals surface area (Å²) in [5, 5.41) is 23.5. The number of para-hydroxylation sites is 1. The number of aliphatic hydroxyl groups is 2. The highest BCUT2D eigenvalue weighted by Crippen LogP contribution is 2.28. The summed E-state index contributed by atoms with van der Waals surface area (Å²) in [5.41, 5.74) is 1.41. The van der Waals surface area contributed by atoms with Crippen molar-refractivity contribution in [2.24, 2.45) is 17.8 Å². The molecule has 0 aliphatic carbocycles. The average Bonchev–Trinajstić information content (AvgIpc) is 3.44. The minimum absolute atomic E-state index is 0.00367. The Morgan fingerprint density at radius 3 is 2.48 bits per heavy atom. The minimum atomic E-state index is -0.00367. The largest absolute Gasteiger partial charge is 0.396 e. The van der Waals surface area contributed by atoms with Crippen LogP contribution in [0.25, 0.3) is 5.69 Å². The molecule has 1 aromatic heterocycles. The topological polar surface area (TPSA) is 81.8 Å². The second-order valence-electron chi connectivity index (χ2n) is 8.31. The lowest BCUT2D eigenvalue weighted by molar-refractivity contribution is 0.0776. The van der Waals surface area contributed by atoms with E-state index < -0.39 is 0 Å². The van der Waals surface area contributed by atoms with E-state index in [1.165, 1.54) is 0 Å². The van der Waals surface area contributed by atoms with Crippen LogP contribution in [0.2, 0.25) is 0 Å². The lowest BCUT2D eigenvalue weighted by Gasteiger charge is -2.33. The predicted molar refractivity (Wildman–Crippen MR) is 110 cm³/mol. The zero-order valence-corrected chi connectivity index (χ0v) is 16.7. The summed E-state index contributed by atoms with van der Waals surface area (Å²) in [5.74, 6) is 0.786. The highest BCUT2D eigenvalue weighted by atomic mass is 16.3. The maximum Gasteiger partial charge on any atom is 0.256 e. The molecule has 2 fully saturated rings. The summed E-state index contributed by atoms with van der Waals surface area (Å²) < 4.78 is 1.72. The summed E-state index contributed by atoms with van der Waals surface area (Å²) >= 11 is 0. The fourth-order valence-electron chi connectivity index (χ4n) is 4.64. The first-order chi connectivity index (χ1) is 14.2. The van der Waals surface area contributed by atoms with Crippen LogP contribution in [0.4, 0.5) is 0 Å². The standard InChI is InChI=1S/C22H30N4O3/c27-15-17-6-10-24(11-7-17)12-18-13-25(14-19(18)16-28)22(29)20-4-1-2-5-21(20)26-9-3-8-23-26/h1-5,8-9,17-19,27-28H,6-7,10-16H2/t18-,19-/m0/s1. The molecule has 0 bridgehead atoms. The van der Waals surface area contributed by atoms with Crippen molar-refractivity contribution >= 4 is 5.91 Å². The summed E-state index contributed by atoms with van der Waals surface area (Å²) in [6.45, 7) is 4.48. The number of nitrogens with zero attached hydrogens (tertiary/aromatic N) is 4. The molecule has 2 atom stereocenters. The predicted octanol–water partition coefficient (Wildman–Crippen LogP) is 1.26. The summed E-state index contributed by atoms with van der Waals surface area (Å²) in [6.07, 6.45) is 5.58. The van der Waals surface area contributed by atoms with Crippen LogP contribution in [0, 0.1) is 17.8 Å². The number of hydrogen-bond donors (Lipinski definition) is 2. The van der Waals surface area contributed by atoms with Crippen molar-refractivity contribution in [1.82, 2.24) is 19.6 Å². The van der Waals surface area contributed by atoms with Crippen LogP contribution in [-0.4, -0.2) is 81.6 Å². The van der Waals surface area contributed by atoms with E-state index in [0.717, 1.165) is 38.2 Å². The molecule has 7 nitrogen and oxygen atoms in total. The molecule has 3 heterocycles. The zero-order chi connectivity index (χ0) is 20.2. The second kappa shape index (κ2) is 9.07. The number of carbonyl (C=O) groups excluding carboxylic acids is 1. The molecule has 156 valence electrons. The Balaban J connectivity index is 1.44. The van der Waals surface area contributed by atoms with Gasteiger partial charge in [0.15, 0.2) is 0 Å². The molecule has 2 aliphatic heterocycles. The molecule has 2 aromatic rings. The van der Waals surface area contributed by atoms with Crippen molar-refractivity contribution in [1.29, 1.82) is 0 Å². The molecule has 2 N–H and O–H groups in total. The summed E-state index contributed by atoms with van der Waals surface area (Å²) in [4.78, 5) is 17.6. The van der Waals surface area contributed by atoms with Gasteiger partial charge in [-0.1, -0.05) is 12.1 Å². The van der Waals surface area contributed by atoms with Gasteiger partial charge in [0.05, 0.1) is 11.3 Å². The third kappa shape index (κ3) is 4.37. The molecule has 2 saturated heterocycles.